The van der Waals surface area contributed by atoms with Crippen molar-refractivity contribution in [2.45, 2.75) is 97.3 Å². The fourth-order valence-corrected chi connectivity index (χ4v) is 2.73. The molecule has 120 valence electrons. The Hall–Kier alpha value is -0.370. The standard InChI is InChI=1S/C18H37NO/c1-3-5-6-7-8-9-10-11-12-18(20)14-13-17(4-2)15-16-19/h17H,3-16,19H2,1-2H3. The topological polar surface area (TPSA) is 43.1 Å². The number of ketones is 1. The molecule has 0 heterocycles. The molecule has 0 amide bonds. The van der Waals surface area contributed by atoms with Crippen LogP contribution in [-0.4, -0.2) is 12.3 Å². The molecule has 0 bridgehead atoms. The molecule has 0 rings (SSSR count). The summed E-state index contributed by atoms with van der Waals surface area (Å²) in [5.41, 5.74) is 5.58. The lowest BCUT2D eigenvalue weighted by atomic mass is 9.94. The Bertz CT molecular complexity index is 215. The van der Waals surface area contributed by atoms with Crippen LogP contribution in [0, 0.1) is 5.92 Å². The Morgan fingerprint density at radius 2 is 1.45 bits per heavy atom. The predicted molar refractivity (Wildman–Crippen MR) is 88.9 cm³/mol. The zero-order valence-corrected chi connectivity index (χ0v) is 14.0. The largest absolute Gasteiger partial charge is 0.330 e. The molecule has 0 aliphatic carbocycles. The van der Waals surface area contributed by atoms with E-state index >= 15 is 0 Å². The quantitative estimate of drug-likeness (QED) is 0.418. The predicted octanol–water partition coefficient (Wildman–Crippen LogP) is 5.24. The van der Waals surface area contributed by atoms with Crippen LogP contribution < -0.4 is 5.73 Å². The highest BCUT2D eigenvalue weighted by Crippen LogP contribution is 2.16. The van der Waals surface area contributed by atoms with E-state index < -0.39 is 0 Å². The van der Waals surface area contributed by atoms with Gasteiger partial charge in [-0.05, 0) is 31.7 Å². The highest BCUT2D eigenvalue weighted by molar-refractivity contribution is 5.78. The van der Waals surface area contributed by atoms with Crippen LogP contribution in [0.4, 0.5) is 0 Å². The van der Waals surface area contributed by atoms with Crippen LogP contribution >= 0.6 is 0 Å². The minimum atomic E-state index is 0.464. The van der Waals surface area contributed by atoms with E-state index in [1.165, 1.54) is 44.9 Å². The summed E-state index contributed by atoms with van der Waals surface area (Å²) in [6.07, 6.45) is 15.3. The summed E-state index contributed by atoms with van der Waals surface area (Å²) in [6, 6.07) is 0. The summed E-state index contributed by atoms with van der Waals surface area (Å²) >= 11 is 0. The minimum absolute atomic E-state index is 0.464. The van der Waals surface area contributed by atoms with E-state index in [1.54, 1.807) is 0 Å². The second-order valence-corrected chi connectivity index (χ2v) is 6.15. The molecule has 2 nitrogen and oxygen atoms in total. The molecule has 20 heavy (non-hydrogen) atoms. The maximum Gasteiger partial charge on any atom is 0.132 e. The van der Waals surface area contributed by atoms with Gasteiger partial charge in [0.15, 0.2) is 0 Å². The van der Waals surface area contributed by atoms with Crippen molar-refractivity contribution in [1.82, 2.24) is 0 Å². The first-order valence-corrected chi connectivity index (χ1v) is 8.96. The van der Waals surface area contributed by atoms with E-state index in [2.05, 4.69) is 13.8 Å². The average molecular weight is 284 g/mol. The number of hydrogen-bond acceptors (Lipinski definition) is 2. The molecule has 0 aromatic heterocycles. The number of Topliss-reactive ketones (excluding diaryl/α,β-unsaturated/α-hetero) is 1. The third-order valence-electron chi connectivity index (χ3n) is 4.29. The van der Waals surface area contributed by atoms with Gasteiger partial charge < -0.3 is 5.73 Å². The van der Waals surface area contributed by atoms with Crippen LogP contribution in [0.15, 0.2) is 0 Å². The van der Waals surface area contributed by atoms with Crippen molar-refractivity contribution < 1.29 is 4.79 Å². The van der Waals surface area contributed by atoms with Gasteiger partial charge in [0.25, 0.3) is 0 Å². The molecule has 0 saturated heterocycles. The molecule has 0 aromatic rings. The molecule has 1 unspecified atom stereocenters. The smallest absolute Gasteiger partial charge is 0.132 e. The van der Waals surface area contributed by atoms with Crippen molar-refractivity contribution in [2.24, 2.45) is 11.7 Å². The van der Waals surface area contributed by atoms with Crippen LogP contribution in [0.2, 0.25) is 0 Å². The highest BCUT2D eigenvalue weighted by Gasteiger charge is 2.08. The number of rotatable bonds is 15. The number of nitrogens with two attached hydrogens (primary N) is 1. The van der Waals surface area contributed by atoms with Crippen LogP contribution in [0.25, 0.3) is 0 Å². The first-order chi connectivity index (χ1) is 9.74. The fourth-order valence-electron chi connectivity index (χ4n) is 2.73. The van der Waals surface area contributed by atoms with E-state index in [4.69, 9.17) is 5.73 Å². The van der Waals surface area contributed by atoms with Gasteiger partial charge in [0.05, 0.1) is 0 Å². The second kappa shape index (κ2) is 15.0. The summed E-state index contributed by atoms with van der Waals surface area (Å²) in [6.45, 7) is 5.20. The third-order valence-corrected chi connectivity index (χ3v) is 4.29. The molecular weight excluding hydrogens is 246 g/mol. The first-order valence-electron chi connectivity index (χ1n) is 8.96. The number of hydrogen-bond donors (Lipinski definition) is 1. The van der Waals surface area contributed by atoms with Gasteiger partial charge >= 0.3 is 0 Å². The van der Waals surface area contributed by atoms with E-state index in [-0.39, 0.29) is 0 Å². The van der Waals surface area contributed by atoms with Crippen molar-refractivity contribution in [3.8, 4) is 0 Å². The molecule has 0 fully saturated rings. The number of unbranched alkanes of at least 4 members (excludes halogenated alkanes) is 7. The summed E-state index contributed by atoms with van der Waals surface area (Å²) in [5, 5.41) is 0. The molecule has 0 radical (unpaired) electrons. The zero-order valence-electron chi connectivity index (χ0n) is 14.0. The maximum atomic E-state index is 11.8. The van der Waals surface area contributed by atoms with Crippen molar-refractivity contribution in [2.75, 3.05) is 6.54 Å². The van der Waals surface area contributed by atoms with Gasteiger partial charge in [-0.3, -0.25) is 4.79 Å². The van der Waals surface area contributed by atoms with Crippen molar-refractivity contribution >= 4 is 5.78 Å². The summed E-state index contributed by atoms with van der Waals surface area (Å²) in [5.74, 6) is 1.12. The molecule has 2 heteroatoms. The van der Waals surface area contributed by atoms with Gasteiger partial charge in [-0.1, -0.05) is 65.2 Å². The fraction of sp³-hybridized carbons (Fsp3) is 0.944. The zero-order chi connectivity index (χ0) is 15.1. The lowest BCUT2D eigenvalue weighted by molar-refractivity contribution is -0.119. The molecule has 2 N–H and O–H groups in total. The van der Waals surface area contributed by atoms with Gasteiger partial charge in [0, 0.05) is 12.8 Å². The monoisotopic (exact) mass is 283 g/mol. The highest BCUT2D eigenvalue weighted by atomic mass is 16.1. The van der Waals surface area contributed by atoms with Crippen LogP contribution in [0.3, 0.4) is 0 Å². The van der Waals surface area contributed by atoms with Gasteiger partial charge in [-0.25, -0.2) is 0 Å². The Kier molecular flexibility index (Phi) is 14.7. The lowest BCUT2D eigenvalue weighted by Crippen LogP contribution is -2.10. The van der Waals surface area contributed by atoms with E-state index in [1.807, 2.05) is 0 Å². The van der Waals surface area contributed by atoms with E-state index in [0.717, 1.165) is 45.1 Å². The average Bonchev–Trinajstić information content (AvgIpc) is 2.46. The number of carbonyl (C=O) groups is 1. The Morgan fingerprint density at radius 3 is 2.00 bits per heavy atom. The van der Waals surface area contributed by atoms with Gasteiger partial charge in [-0.2, -0.15) is 0 Å². The van der Waals surface area contributed by atoms with Crippen molar-refractivity contribution in [3.63, 3.8) is 0 Å². The molecular formula is C18H37NO. The minimum Gasteiger partial charge on any atom is -0.330 e. The Labute approximate surface area is 126 Å². The molecule has 0 aliphatic rings. The Morgan fingerprint density at radius 1 is 0.850 bits per heavy atom. The van der Waals surface area contributed by atoms with E-state index in [9.17, 15) is 4.79 Å². The summed E-state index contributed by atoms with van der Waals surface area (Å²) < 4.78 is 0. The van der Waals surface area contributed by atoms with Gasteiger partial charge in [0.1, 0.15) is 5.78 Å². The molecule has 0 spiro atoms. The second-order valence-electron chi connectivity index (χ2n) is 6.15. The molecule has 1 atom stereocenters. The molecule has 0 aliphatic heterocycles. The normalized spacial score (nSPS) is 12.6. The molecule has 0 saturated carbocycles. The Balaban J connectivity index is 3.36. The van der Waals surface area contributed by atoms with Crippen molar-refractivity contribution in [1.29, 1.82) is 0 Å². The maximum absolute atomic E-state index is 11.8. The van der Waals surface area contributed by atoms with Crippen LogP contribution in [0.5, 0.6) is 0 Å². The van der Waals surface area contributed by atoms with Gasteiger partial charge in [0.2, 0.25) is 0 Å². The van der Waals surface area contributed by atoms with Gasteiger partial charge in [-0.15, -0.1) is 0 Å². The van der Waals surface area contributed by atoms with Crippen LogP contribution in [0.1, 0.15) is 97.3 Å². The van der Waals surface area contributed by atoms with Crippen molar-refractivity contribution in [3.05, 3.63) is 0 Å². The summed E-state index contributed by atoms with van der Waals surface area (Å²) in [7, 11) is 0. The lowest BCUT2D eigenvalue weighted by Gasteiger charge is -2.12. The number of carbonyl (C=O) groups excluding carboxylic acids is 1. The summed E-state index contributed by atoms with van der Waals surface area (Å²) in [4.78, 5) is 11.8. The SMILES string of the molecule is CCCCCCCCCCC(=O)CCC(CC)CCN. The molecule has 0 aromatic carbocycles. The third kappa shape index (κ3) is 12.7. The van der Waals surface area contributed by atoms with E-state index in [0.29, 0.717) is 11.7 Å². The first kappa shape index (κ1) is 19.6. The van der Waals surface area contributed by atoms with Crippen LogP contribution in [-0.2, 0) is 4.79 Å².